The minimum Gasteiger partial charge on any atom is -0.483 e. The molecule has 0 radical (unpaired) electrons. The van der Waals surface area contributed by atoms with Crippen LogP contribution >= 0.6 is 0 Å². The second kappa shape index (κ2) is 9.22. The van der Waals surface area contributed by atoms with Crippen molar-refractivity contribution in [2.45, 2.75) is 32.6 Å². The van der Waals surface area contributed by atoms with Gasteiger partial charge in [0.15, 0.2) is 6.61 Å². The minimum absolute atomic E-state index is 0.107. The lowest BCUT2D eigenvalue weighted by Crippen LogP contribution is -2.20. The monoisotopic (exact) mass is 438 g/mol. The van der Waals surface area contributed by atoms with Crippen LogP contribution in [-0.4, -0.2) is 20.9 Å². The third-order valence-electron chi connectivity index (χ3n) is 4.90. The smallest absolute Gasteiger partial charge is 0.262 e. The molecule has 0 bridgehead atoms. The van der Waals surface area contributed by atoms with Crippen LogP contribution in [0.25, 0.3) is 0 Å². The van der Waals surface area contributed by atoms with E-state index in [-0.39, 0.29) is 17.4 Å². The Kier molecular flexibility index (Phi) is 6.65. The van der Waals surface area contributed by atoms with Gasteiger partial charge in [0, 0.05) is 11.4 Å². The minimum atomic E-state index is -3.73. The van der Waals surface area contributed by atoms with Crippen molar-refractivity contribution >= 4 is 27.3 Å². The van der Waals surface area contributed by atoms with Crippen molar-refractivity contribution in [1.82, 2.24) is 0 Å². The Balaban J connectivity index is 1.61. The average Bonchev–Trinajstić information content (AvgIpc) is 2.70. The van der Waals surface area contributed by atoms with Gasteiger partial charge in [-0.3, -0.25) is 9.52 Å². The number of aryl methyl sites for hydroxylation is 4. The molecule has 0 unspecified atom stereocenters. The van der Waals surface area contributed by atoms with Gasteiger partial charge >= 0.3 is 0 Å². The Bertz CT molecular complexity index is 1200. The topological polar surface area (TPSA) is 84.5 Å². The summed E-state index contributed by atoms with van der Waals surface area (Å²) in [4.78, 5) is 12.3. The zero-order valence-corrected chi connectivity index (χ0v) is 18.8. The highest BCUT2D eigenvalue weighted by atomic mass is 32.2. The van der Waals surface area contributed by atoms with E-state index in [1.54, 1.807) is 24.3 Å². The molecular formula is C24H26N2O4S. The number of anilines is 2. The van der Waals surface area contributed by atoms with Gasteiger partial charge in [0.05, 0.1) is 4.90 Å². The lowest BCUT2D eigenvalue weighted by atomic mass is 10.1. The van der Waals surface area contributed by atoms with Crippen LogP contribution < -0.4 is 14.8 Å². The summed E-state index contributed by atoms with van der Waals surface area (Å²) in [5.74, 6) is 0.323. The summed E-state index contributed by atoms with van der Waals surface area (Å²) < 4.78 is 33.4. The van der Waals surface area contributed by atoms with E-state index in [0.29, 0.717) is 17.1 Å². The van der Waals surface area contributed by atoms with Crippen LogP contribution in [-0.2, 0) is 14.8 Å². The third-order valence-corrected chi connectivity index (χ3v) is 6.29. The molecule has 0 spiro atoms. The summed E-state index contributed by atoms with van der Waals surface area (Å²) in [5, 5.41) is 2.71. The van der Waals surface area contributed by atoms with Crippen LogP contribution in [0.3, 0.4) is 0 Å². The number of hydrogen-bond donors (Lipinski definition) is 2. The Hall–Kier alpha value is -3.32. The molecule has 3 aromatic rings. The molecule has 0 heterocycles. The lowest BCUT2D eigenvalue weighted by molar-refractivity contribution is -0.118. The zero-order chi connectivity index (χ0) is 22.6. The number of amides is 1. The maximum Gasteiger partial charge on any atom is 0.262 e. The normalized spacial score (nSPS) is 11.1. The molecule has 0 aromatic heterocycles. The van der Waals surface area contributed by atoms with Gasteiger partial charge in [-0.25, -0.2) is 8.42 Å². The molecule has 7 heteroatoms. The van der Waals surface area contributed by atoms with E-state index in [0.717, 1.165) is 22.3 Å². The number of sulfonamides is 1. The SMILES string of the molecule is Cc1ccc(OCC(=O)Nc2ccc(S(=O)(=O)Nc3ccc(C)c(C)c3)cc2)c(C)c1. The fourth-order valence-corrected chi connectivity index (χ4v) is 4.09. The van der Waals surface area contributed by atoms with Crippen LogP contribution in [0.5, 0.6) is 5.75 Å². The van der Waals surface area contributed by atoms with E-state index in [1.165, 1.54) is 12.1 Å². The second-order valence-electron chi connectivity index (χ2n) is 7.53. The number of hydrogen-bond acceptors (Lipinski definition) is 4. The van der Waals surface area contributed by atoms with E-state index in [4.69, 9.17) is 4.74 Å². The van der Waals surface area contributed by atoms with Gasteiger partial charge in [-0.05, 0) is 86.8 Å². The first-order valence-corrected chi connectivity index (χ1v) is 11.3. The summed E-state index contributed by atoms with van der Waals surface area (Å²) >= 11 is 0. The van der Waals surface area contributed by atoms with Crippen molar-refractivity contribution in [3.05, 3.63) is 82.9 Å². The fraction of sp³-hybridized carbons (Fsp3) is 0.208. The Morgan fingerprint density at radius 1 is 0.806 bits per heavy atom. The predicted molar refractivity (Wildman–Crippen MR) is 123 cm³/mol. The third kappa shape index (κ3) is 5.86. The molecule has 0 aliphatic heterocycles. The van der Waals surface area contributed by atoms with Crippen LogP contribution in [0.15, 0.2) is 65.6 Å². The first-order chi connectivity index (χ1) is 14.6. The lowest BCUT2D eigenvalue weighted by Gasteiger charge is -2.12. The van der Waals surface area contributed by atoms with Crippen LogP contribution in [0.2, 0.25) is 0 Å². The van der Waals surface area contributed by atoms with E-state index >= 15 is 0 Å². The molecule has 0 aliphatic rings. The first-order valence-electron chi connectivity index (χ1n) is 9.84. The molecule has 0 saturated heterocycles. The molecule has 0 aliphatic carbocycles. The van der Waals surface area contributed by atoms with E-state index in [1.807, 2.05) is 52.0 Å². The molecule has 0 saturated carbocycles. The van der Waals surface area contributed by atoms with Gasteiger partial charge in [0.25, 0.3) is 15.9 Å². The maximum absolute atomic E-state index is 12.6. The van der Waals surface area contributed by atoms with Crippen molar-refractivity contribution in [1.29, 1.82) is 0 Å². The van der Waals surface area contributed by atoms with E-state index in [2.05, 4.69) is 10.0 Å². The molecule has 2 N–H and O–H groups in total. The van der Waals surface area contributed by atoms with E-state index in [9.17, 15) is 13.2 Å². The standard InChI is InChI=1S/C24H26N2O4S/c1-16-5-12-23(19(4)13-16)30-15-24(27)25-20-8-10-22(11-9-20)31(28,29)26-21-7-6-17(2)18(3)14-21/h5-14,26H,15H2,1-4H3,(H,25,27). The molecule has 31 heavy (non-hydrogen) atoms. The van der Waals surface area contributed by atoms with Crippen LogP contribution in [0.1, 0.15) is 22.3 Å². The Morgan fingerprint density at radius 2 is 1.48 bits per heavy atom. The molecule has 3 aromatic carbocycles. The van der Waals surface area contributed by atoms with Crippen LogP contribution in [0.4, 0.5) is 11.4 Å². The molecule has 0 atom stereocenters. The highest BCUT2D eigenvalue weighted by Crippen LogP contribution is 2.21. The van der Waals surface area contributed by atoms with Crippen molar-refractivity contribution < 1.29 is 17.9 Å². The molecule has 6 nitrogen and oxygen atoms in total. The zero-order valence-electron chi connectivity index (χ0n) is 18.0. The fourth-order valence-electron chi connectivity index (χ4n) is 3.04. The highest BCUT2D eigenvalue weighted by molar-refractivity contribution is 7.92. The average molecular weight is 439 g/mol. The molecular weight excluding hydrogens is 412 g/mol. The van der Waals surface area contributed by atoms with Gasteiger partial charge in [-0.15, -0.1) is 0 Å². The summed E-state index contributed by atoms with van der Waals surface area (Å²) in [5.41, 5.74) is 5.16. The number of nitrogens with one attached hydrogen (secondary N) is 2. The van der Waals surface area contributed by atoms with Crippen molar-refractivity contribution in [2.75, 3.05) is 16.6 Å². The Labute approximate surface area is 183 Å². The molecule has 3 rings (SSSR count). The number of rotatable bonds is 7. The Morgan fingerprint density at radius 3 is 2.13 bits per heavy atom. The predicted octanol–water partition coefficient (Wildman–Crippen LogP) is 4.74. The number of ether oxygens (including phenoxy) is 1. The van der Waals surface area contributed by atoms with Crippen molar-refractivity contribution in [3.63, 3.8) is 0 Å². The maximum atomic E-state index is 12.6. The van der Waals surface area contributed by atoms with Gasteiger partial charge in [-0.2, -0.15) is 0 Å². The summed E-state index contributed by atoms with van der Waals surface area (Å²) in [7, 11) is -3.73. The van der Waals surface area contributed by atoms with Gasteiger partial charge in [-0.1, -0.05) is 23.8 Å². The van der Waals surface area contributed by atoms with Gasteiger partial charge in [0.2, 0.25) is 0 Å². The van der Waals surface area contributed by atoms with Gasteiger partial charge < -0.3 is 10.1 Å². The first kappa shape index (κ1) is 22.4. The van der Waals surface area contributed by atoms with E-state index < -0.39 is 10.0 Å². The second-order valence-corrected chi connectivity index (χ2v) is 9.22. The van der Waals surface area contributed by atoms with Gasteiger partial charge in [0.1, 0.15) is 5.75 Å². The number of carbonyl (C=O) groups is 1. The van der Waals surface area contributed by atoms with Crippen molar-refractivity contribution in [2.24, 2.45) is 0 Å². The summed E-state index contributed by atoms with van der Waals surface area (Å²) in [6, 6.07) is 17.1. The number of benzene rings is 3. The number of carbonyl (C=O) groups excluding carboxylic acids is 1. The van der Waals surface area contributed by atoms with Crippen molar-refractivity contribution in [3.8, 4) is 5.75 Å². The van der Waals surface area contributed by atoms with Crippen LogP contribution in [0, 0.1) is 27.7 Å². The largest absolute Gasteiger partial charge is 0.483 e. The summed E-state index contributed by atoms with van der Waals surface area (Å²) in [6.45, 7) is 7.66. The quantitative estimate of drug-likeness (QED) is 0.558. The highest BCUT2D eigenvalue weighted by Gasteiger charge is 2.15. The molecule has 1 amide bonds. The molecule has 162 valence electrons. The summed E-state index contributed by atoms with van der Waals surface area (Å²) in [6.07, 6.45) is 0. The molecule has 0 fully saturated rings.